The summed E-state index contributed by atoms with van der Waals surface area (Å²) in [5.41, 5.74) is 0.332. The molecule has 4 atom stereocenters. The van der Waals surface area contributed by atoms with Crippen LogP contribution in [-0.4, -0.2) is 0 Å². The van der Waals surface area contributed by atoms with E-state index in [1.807, 2.05) is 0 Å². The molecule has 84 valence electrons. The van der Waals surface area contributed by atoms with E-state index >= 15 is 0 Å². The van der Waals surface area contributed by atoms with Crippen molar-refractivity contribution >= 4 is 0 Å². The number of fused-ring (bicyclic) bond motifs is 5. The van der Waals surface area contributed by atoms with Gasteiger partial charge in [-0.05, 0) is 48.3 Å². The Morgan fingerprint density at radius 2 is 1.75 bits per heavy atom. The molecule has 2 bridgehead atoms. The third kappa shape index (κ3) is 1.16. The second-order valence-electron chi connectivity index (χ2n) is 5.63. The fraction of sp³-hybridized carbons (Fsp3) is 0.500. The first-order valence-electron chi connectivity index (χ1n) is 6.40. The molecule has 0 aromatic carbocycles. The molecule has 0 amide bonds. The lowest BCUT2D eigenvalue weighted by Gasteiger charge is -2.37. The van der Waals surface area contributed by atoms with Gasteiger partial charge in [0.25, 0.3) is 0 Å². The summed E-state index contributed by atoms with van der Waals surface area (Å²) < 4.78 is 0. The maximum absolute atomic E-state index is 3.94. The Bertz CT molecular complexity index is 361. The summed E-state index contributed by atoms with van der Waals surface area (Å²) in [7, 11) is 0. The van der Waals surface area contributed by atoms with E-state index in [1.165, 1.54) is 6.42 Å². The van der Waals surface area contributed by atoms with Crippen molar-refractivity contribution in [3.8, 4) is 0 Å². The van der Waals surface area contributed by atoms with Crippen LogP contribution < -0.4 is 0 Å². The van der Waals surface area contributed by atoms with Crippen molar-refractivity contribution in [3.05, 3.63) is 49.6 Å². The summed E-state index contributed by atoms with van der Waals surface area (Å²) in [4.78, 5) is 0. The minimum atomic E-state index is 0.332. The molecule has 0 radical (unpaired) electrons. The van der Waals surface area contributed by atoms with E-state index in [-0.39, 0.29) is 0 Å². The molecule has 1 fully saturated rings. The minimum Gasteiger partial charge on any atom is -0.103 e. The Hall–Kier alpha value is -1.04. The average molecular weight is 212 g/mol. The number of hydrogen-bond acceptors (Lipinski definition) is 0. The highest BCUT2D eigenvalue weighted by Crippen LogP contribution is 2.61. The highest BCUT2D eigenvalue weighted by Gasteiger charge is 2.54. The lowest BCUT2D eigenvalue weighted by Crippen LogP contribution is -2.31. The van der Waals surface area contributed by atoms with Crippen molar-refractivity contribution in [1.82, 2.24) is 0 Å². The summed E-state index contributed by atoms with van der Waals surface area (Å²) in [5, 5.41) is 0. The summed E-state index contributed by atoms with van der Waals surface area (Å²) in [6, 6.07) is 0. The fourth-order valence-corrected chi connectivity index (χ4v) is 4.38. The SMILES string of the molecule is C=CCC1(CC=C)C=CC2C3C=CC(C3)C21. The predicted molar refractivity (Wildman–Crippen MR) is 68.9 cm³/mol. The van der Waals surface area contributed by atoms with Crippen LogP contribution in [0.25, 0.3) is 0 Å². The average Bonchev–Trinajstić information content (AvgIpc) is 2.92. The lowest BCUT2D eigenvalue weighted by atomic mass is 9.66. The van der Waals surface area contributed by atoms with Crippen molar-refractivity contribution in [1.29, 1.82) is 0 Å². The topological polar surface area (TPSA) is 0 Å². The molecule has 0 aliphatic heterocycles. The van der Waals surface area contributed by atoms with Gasteiger partial charge < -0.3 is 0 Å². The first-order chi connectivity index (χ1) is 7.80. The van der Waals surface area contributed by atoms with Crippen LogP contribution in [0.2, 0.25) is 0 Å². The van der Waals surface area contributed by atoms with Crippen LogP contribution in [-0.2, 0) is 0 Å². The molecule has 0 aromatic rings. The molecule has 0 heteroatoms. The van der Waals surface area contributed by atoms with Crippen LogP contribution in [0.1, 0.15) is 19.3 Å². The van der Waals surface area contributed by atoms with Gasteiger partial charge in [-0.15, -0.1) is 13.2 Å². The summed E-state index contributed by atoms with van der Waals surface area (Å²) in [6.07, 6.45) is 17.6. The van der Waals surface area contributed by atoms with E-state index in [4.69, 9.17) is 0 Å². The molecule has 4 unspecified atom stereocenters. The largest absolute Gasteiger partial charge is 0.103 e. The van der Waals surface area contributed by atoms with Crippen molar-refractivity contribution in [2.75, 3.05) is 0 Å². The van der Waals surface area contributed by atoms with Crippen LogP contribution in [0, 0.1) is 29.1 Å². The van der Waals surface area contributed by atoms with Crippen LogP contribution in [0.15, 0.2) is 49.6 Å². The normalized spacial score (nSPS) is 41.2. The van der Waals surface area contributed by atoms with Gasteiger partial charge in [0.2, 0.25) is 0 Å². The zero-order valence-corrected chi connectivity index (χ0v) is 9.81. The van der Waals surface area contributed by atoms with E-state index < -0.39 is 0 Å². The summed E-state index contributed by atoms with van der Waals surface area (Å²) in [5.74, 6) is 3.25. The molecule has 0 heterocycles. The van der Waals surface area contributed by atoms with E-state index in [0.717, 1.165) is 36.5 Å². The van der Waals surface area contributed by atoms with Crippen LogP contribution in [0.3, 0.4) is 0 Å². The van der Waals surface area contributed by atoms with Crippen LogP contribution >= 0.6 is 0 Å². The van der Waals surface area contributed by atoms with Crippen molar-refractivity contribution in [2.45, 2.75) is 19.3 Å². The Morgan fingerprint density at radius 3 is 2.44 bits per heavy atom. The smallest absolute Gasteiger partial charge is 0.000978 e. The molecule has 3 rings (SSSR count). The van der Waals surface area contributed by atoms with Crippen LogP contribution in [0.4, 0.5) is 0 Å². The van der Waals surface area contributed by atoms with E-state index in [0.29, 0.717) is 5.41 Å². The maximum atomic E-state index is 3.94. The van der Waals surface area contributed by atoms with Gasteiger partial charge >= 0.3 is 0 Å². The maximum Gasteiger partial charge on any atom is -0.000978 e. The second-order valence-corrected chi connectivity index (χ2v) is 5.63. The summed E-state index contributed by atoms with van der Waals surface area (Å²) >= 11 is 0. The zero-order valence-electron chi connectivity index (χ0n) is 9.81. The molecule has 0 saturated heterocycles. The van der Waals surface area contributed by atoms with Crippen molar-refractivity contribution in [3.63, 3.8) is 0 Å². The molecular formula is C16H20. The molecule has 3 aliphatic carbocycles. The third-order valence-corrected chi connectivity index (χ3v) is 4.88. The van der Waals surface area contributed by atoms with Gasteiger partial charge in [-0.3, -0.25) is 0 Å². The Morgan fingerprint density at radius 1 is 1.06 bits per heavy atom. The minimum absolute atomic E-state index is 0.332. The van der Waals surface area contributed by atoms with Gasteiger partial charge in [-0.2, -0.15) is 0 Å². The highest BCUT2D eigenvalue weighted by atomic mass is 14.6. The van der Waals surface area contributed by atoms with Gasteiger partial charge in [0.05, 0.1) is 0 Å². The Labute approximate surface area is 98.4 Å². The van der Waals surface area contributed by atoms with Gasteiger partial charge in [-0.1, -0.05) is 36.5 Å². The number of allylic oxidation sites excluding steroid dienone is 6. The van der Waals surface area contributed by atoms with E-state index in [1.54, 1.807) is 0 Å². The Kier molecular flexibility index (Phi) is 2.20. The second kappa shape index (κ2) is 3.48. The van der Waals surface area contributed by atoms with Crippen LogP contribution in [0.5, 0.6) is 0 Å². The molecule has 3 aliphatic rings. The van der Waals surface area contributed by atoms with Gasteiger partial charge in [0.1, 0.15) is 0 Å². The molecular weight excluding hydrogens is 192 g/mol. The van der Waals surface area contributed by atoms with E-state index in [9.17, 15) is 0 Å². The van der Waals surface area contributed by atoms with Crippen molar-refractivity contribution < 1.29 is 0 Å². The molecule has 0 nitrogen and oxygen atoms in total. The first-order valence-corrected chi connectivity index (χ1v) is 6.40. The van der Waals surface area contributed by atoms with Crippen molar-refractivity contribution in [2.24, 2.45) is 29.1 Å². The molecule has 0 spiro atoms. The number of hydrogen-bond donors (Lipinski definition) is 0. The first kappa shape index (κ1) is 10.1. The fourth-order valence-electron chi connectivity index (χ4n) is 4.38. The van der Waals surface area contributed by atoms with E-state index in [2.05, 4.69) is 49.6 Å². The molecule has 1 saturated carbocycles. The molecule has 0 aromatic heterocycles. The lowest BCUT2D eigenvalue weighted by molar-refractivity contribution is 0.187. The highest BCUT2D eigenvalue weighted by molar-refractivity contribution is 5.29. The quantitative estimate of drug-likeness (QED) is 0.615. The van der Waals surface area contributed by atoms with Gasteiger partial charge in [0, 0.05) is 0 Å². The standard InChI is InChI=1S/C16H20/c1-3-8-16(9-4-2)10-7-14-12-5-6-13(11-12)15(14)16/h3-7,10,12-15H,1-2,8-9,11H2. The third-order valence-electron chi connectivity index (χ3n) is 4.88. The van der Waals surface area contributed by atoms with Gasteiger partial charge in [0.15, 0.2) is 0 Å². The summed E-state index contributed by atoms with van der Waals surface area (Å²) in [6.45, 7) is 7.88. The predicted octanol–water partition coefficient (Wildman–Crippen LogP) is 4.13. The molecule has 0 N–H and O–H groups in total. The molecule has 16 heavy (non-hydrogen) atoms. The monoisotopic (exact) mass is 212 g/mol. The Balaban J connectivity index is 1.96. The van der Waals surface area contributed by atoms with Gasteiger partial charge in [-0.25, -0.2) is 0 Å². The number of rotatable bonds is 4. The zero-order chi connectivity index (χ0) is 11.2.